The van der Waals surface area contributed by atoms with Gasteiger partial charge in [-0.1, -0.05) is 0 Å². The van der Waals surface area contributed by atoms with Crippen LogP contribution in [0.15, 0.2) is 22.5 Å². The number of nitriles is 3. The van der Waals surface area contributed by atoms with Crippen LogP contribution in [0.3, 0.4) is 0 Å². The fourth-order valence-corrected chi connectivity index (χ4v) is 5.63. The van der Waals surface area contributed by atoms with Crippen molar-refractivity contribution < 1.29 is 43.9 Å². The molecule has 3 aromatic carbocycles. The van der Waals surface area contributed by atoms with Gasteiger partial charge in [-0.2, -0.15) is 25.5 Å². The summed E-state index contributed by atoms with van der Waals surface area (Å²) in [5.74, 6) is -22.9. The highest BCUT2D eigenvalue weighted by Gasteiger charge is 2.41. The summed E-state index contributed by atoms with van der Waals surface area (Å²) in [4.78, 5) is 8.03. The molecule has 0 bridgehead atoms. The molecule has 16 heteroatoms. The minimum absolute atomic E-state index is 0.872. The highest BCUT2D eigenvalue weighted by molar-refractivity contribution is 5.89. The average Bonchev–Trinajstić information content (AvgIpc) is 3.65. The van der Waals surface area contributed by atoms with Crippen molar-refractivity contribution in [3.05, 3.63) is 153 Å². The van der Waals surface area contributed by atoms with Gasteiger partial charge in [0.1, 0.15) is 54.1 Å². The molecular weight excluding hydrogens is 658 g/mol. The second-order valence-electron chi connectivity index (χ2n) is 9.75. The molecule has 48 heavy (non-hydrogen) atoms. The third-order valence-electron chi connectivity index (χ3n) is 7.62. The molecule has 0 N–H and O–H groups in total. The van der Waals surface area contributed by atoms with Gasteiger partial charge in [0.05, 0.1) is 23.3 Å². The van der Waals surface area contributed by atoms with Gasteiger partial charge in [0.15, 0.2) is 46.5 Å². The van der Waals surface area contributed by atoms with Crippen molar-refractivity contribution in [2.24, 2.45) is 0 Å². The van der Waals surface area contributed by atoms with Crippen molar-refractivity contribution in [3.63, 3.8) is 0 Å². The molecule has 0 unspecified atom stereocenters. The van der Waals surface area contributed by atoms with Gasteiger partial charge >= 0.3 is 5.82 Å². The lowest BCUT2D eigenvalue weighted by atomic mass is 9.93. The van der Waals surface area contributed by atoms with Gasteiger partial charge in [-0.05, 0) is 11.1 Å². The summed E-state index contributed by atoms with van der Waals surface area (Å²) in [6.07, 6.45) is -2.28. The van der Waals surface area contributed by atoms with E-state index in [0.717, 1.165) is 6.07 Å². The van der Waals surface area contributed by atoms with E-state index in [4.69, 9.17) is 25.0 Å². The van der Waals surface area contributed by atoms with Crippen molar-refractivity contribution in [2.45, 2.75) is 12.8 Å². The maximum atomic E-state index is 16.6. The number of hydrogen-bond donors (Lipinski definition) is 0. The number of nitrogens with zero attached hydrogens (tertiary/aromatic N) is 6. The zero-order chi connectivity index (χ0) is 35.5. The Balaban J connectivity index is 2.13. The smallest absolute Gasteiger partial charge is 0.232 e. The normalized spacial score (nSPS) is 12.8. The number of fused-ring (bicyclic) bond motifs is 2. The molecule has 0 aromatic heterocycles. The first kappa shape index (κ1) is 32.5. The van der Waals surface area contributed by atoms with Crippen molar-refractivity contribution >= 4 is 16.8 Å². The summed E-state index contributed by atoms with van der Waals surface area (Å²) < 4.78 is 154. The maximum Gasteiger partial charge on any atom is 0.523 e. The van der Waals surface area contributed by atoms with Crippen LogP contribution in [0.2, 0.25) is 0 Å². The molecule has 0 amide bonds. The first-order valence-electron chi connectivity index (χ1n) is 12.6. The van der Waals surface area contributed by atoms with Crippen LogP contribution in [0.5, 0.6) is 0 Å². The molecule has 0 spiro atoms. The molecule has 0 heterocycles. The Morgan fingerprint density at radius 2 is 0.938 bits per heavy atom. The summed E-state index contributed by atoms with van der Waals surface area (Å²) in [6.45, 7) is 21.4. The second-order valence-corrected chi connectivity index (χ2v) is 9.75. The summed E-state index contributed by atoms with van der Waals surface area (Å²) in [6, 6.07) is 3.50. The lowest BCUT2D eigenvalue weighted by Crippen LogP contribution is -2.28. The van der Waals surface area contributed by atoms with Crippen LogP contribution in [0.4, 0.5) is 49.6 Å². The lowest BCUT2D eigenvalue weighted by Gasteiger charge is -2.12. The molecule has 6 nitrogen and oxygen atoms in total. The molecule has 0 fully saturated rings. The van der Waals surface area contributed by atoms with Crippen LogP contribution in [0.1, 0.15) is 27.8 Å². The van der Waals surface area contributed by atoms with Gasteiger partial charge in [0, 0.05) is 40.0 Å². The van der Waals surface area contributed by atoms with Gasteiger partial charge < -0.3 is 0 Å². The van der Waals surface area contributed by atoms with E-state index < -0.39 is 149 Å². The monoisotopic (exact) mass is 662 g/mol. The van der Waals surface area contributed by atoms with Crippen molar-refractivity contribution in [1.82, 2.24) is 0 Å². The largest absolute Gasteiger partial charge is 0.523 e. The molecule has 232 valence electrons. The highest BCUT2D eigenvalue weighted by Crippen LogP contribution is 2.42. The van der Waals surface area contributed by atoms with Gasteiger partial charge in [-0.25, -0.2) is 48.7 Å². The van der Waals surface area contributed by atoms with Crippen LogP contribution in [-0.4, -0.2) is 0 Å². The molecule has 2 aliphatic rings. The van der Waals surface area contributed by atoms with Crippen molar-refractivity contribution in [3.8, 4) is 18.2 Å². The third kappa shape index (κ3) is 4.14. The van der Waals surface area contributed by atoms with Crippen LogP contribution in [-0.2, 0) is 12.8 Å². The standard InChI is InChI=1S/C32H4F10N6/c1-46-31-29(41)27(39)20(28(40)30(31)42)16-13(32(47-2)48-3)5-12-18(16)21(33)11-4-10(9(6-43)7-44)15(17(11)22(12)34)19-25(37)23(35)14(8-45)24(36)26(19)38/h4-5H2. The van der Waals surface area contributed by atoms with E-state index in [1.807, 2.05) is 0 Å². The van der Waals surface area contributed by atoms with Crippen LogP contribution < -0.4 is 10.4 Å². The summed E-state index contributed by atoms with van der Waals surface area (Å²) in [5, 5.41) is 25.6. The molecule has 2 aliphatic carbocycles. The van der Waals surface area contributed by atoms with Gasteiger partial charge in [-0.3, -0.25) is 0 Å². The average molecular weight is 662 g/mol. The quantitative estimate of drug-likeness (QED) is 0.138. The molecule has 0 saturated carbocycles. The minimum atomic E-state index is -2.31. The number of allylic oxidation sites excluding steroid dienone is 3. The Hall–Kier alpha value is -6.88. The zero-order valence-electron chi connectivity index (χ0n) is 22.9. The molecular formula is C32H4F10N6. The maximum absolute atomic E-state index is 16.6. The minimum Gasteiger partial charge on any atom is -0.232 e. The predicted octanol–water partition coefficient (Wildman–Crippen LogP) is 6.40. The number of halogens is 10. The van der Waals surface area contributed by atoms with E-state index in [1.54, 1.807) is 0 Å². The Bertz CT molecular complexity index is 2310. The lowest BCUT2D eigenvalue weighted by molar-refractivity contribution is 0.446. The predicted molar refractivity (Wildman–Crippen MR) is 140 cm³/mol. The molecule has 0 atom stereocenters. The van der Waals surface area contributed by atoms with Crippen molar-refractivity contribution in [2.75, 3.05) is 0 Å². The van der Waals surface area contributed by atoms with Crippen LogP contribution in [0.25, 0.3) is 25.7 Å². The number of hydrogen-bond acceptors (Lipinski definition) is 3. The number of rotatable bonds is 2. The molecule has 0 aliphatic heterocycles. The topological polar surface area (TPSA) is 84.5 Å². The van der Waals surface area contributed by atoms with E-state index in [2.05, 4.69) is 14.5 Å². The molecule has 0 radical (unpaired) electrons. The van der Waals surface area contributed by atoms with Gasteiger partial charge in [0.2, 0.25) is 0 Å². The Morgan fingerprint density at radius 1 is 0.542 bits per heavy atom. The Kier molecular flexibility index (Phi) is 7.78. The molecule has 5 rings (SSSR count). The molecule has 0 saturated heterocycles. The molecule has 3 aromatic rings. The van der Waals surface area contributed by atoms with E-state index in [9.17, 15) is 28.1 Å². The Labute approximate surface area is 261 Å². The van der Waals surface area contributed by atoms with Crippen LogP contribution in [0, 0.1) is 112 Å². The van der Waals surface area contributed by atoms with Gasteiger partial charge in [0.25, 0.3) is 5.69 Å². The Morgan fingerprint density at radius 3 is 1.31 bits per heavy atom. The van der Waals surface area contributed by atoms with Crippen LogP contribution >= 0.6 is 0 Å². The van der Waals surface area contributed by atoms with E-state index in [0.29, 0.717) is 0 Å². The highest BCUT2D eigenvalue weighted by atomic mass is 19.2. The fourth-order valence-electron chi connectivity index (χ4n) is 5.63. The SMILES string of the molecule is [C-]#[N+]C([N+]#[C-])=C1Cc2c(F)c3c(c(F)c2=C1c1c(F)c(F)c([N+]#[C-])c(F)c1F)CC(=C(C#N)C#N)C=3c1c(F)c(F)c(C#N)c(F)c1F. The van der Waals surface area contributed by atoms with E-state index in [-0.39, 0.29) is 0 Å². The van der Waals surface area contributed by atoms with E-state index in [1.165, 1.54) is 12.1 Å². The summed E-state index contributed by atoms with van der Waals surface area (Å²) in [5.41, 5.74) is -14.4. The van der Waals surface area contributed by atoms with Crippen molar-refractivity contribution in [1.29, 1.82) is 15.8 Å². The second kappa shape index (κ2) is 11.5. The summed E-state index contributed by atoms with van der Waals surface area (Å²) in [7, 11) is 0. The first-order valence-corrected chi connectivity index (χ1v) is 12.6. The summed E-state index contributed by atoms with van der Waals surface area (Å²) >= 11 is 0. The third-order valence-corrected chi connectivity index (χ3v) is 7.62. The number of benzene rings is 3. The van der Waals surface area contributed by atoms with E-state index >= 15 is 26.3 Å². The fraction of sp³-hybridized carbons (Fsp3) is 0.0625. The van der Waals surface area contributed by atoms with Gasteiger partial charge in [-0.15, -0.1) is 0 Å². The first-order chi connectivity index (χ1) is 22.8. The zero-order valence-corrected chi connectivity index (χ0v) is 22.9.